The number of benzene rings is 3. The lowest BCUT2D eigenvalue weighted by Gasteiger charge is -2.53. The van der Waals surface area contributed by atoms with E-state index in [1.54, 1.807) is 29.0 Å². The van der Waals surface area contributed by atoms with E-state index in [4.69, 9.17) is 21.0 Å². The summed E-state index contributed by atoms with van der Waals surface area (Å²) < 4.78 is 7.86. The summed E-state index contributed by atoms with van der Waals surface area (Å²) >= 11 is 6.68. The van der Waals surface area contributed by atoms with E-state index in [1.807, 2.05) is 41.3 Å². The molecule has 1 amide bonds. The SMILES string of the molecule is C=CC(=O)N1CC2(CCN(c3nc(=O)n(-c4ccccc4C(C)C)c4cc(-c5cc(O)ccc5Cl)c5ccoc5c34)CC2)C1. The van der Waals surface area contributed by atoms with Crippen LogP contribution in [0.15, 0.2) is 82.7 Å². The maximum absolute atomic E-state index is 14.1. The first-order valence-electron chi connectivity index (χ1n) is 14.9. The van der Waals surface area contributed by atoms with Crippen molar-refractivity contribution >= 4 is 45.2 Å². The Hall–Kier alpha value is -4.56. The Morgan fingerprint density at radius 2 is 1.84 bits per heavy atom. The molecular formula is C35H33ClN4O4. The number of nitrogens with zero attached hydrogens (tertiary/aromatic N) is 4. The fourth-order valence-corrected chi connectivity index (χ4v) is 7.17. The molecule has 0 bridgehead atoms. The number of amides is 1. The molecule has 2 fully saturated rings. The van der Waals surface area contributed by atoms with Crippen LogP contribution < -0.4 is 10.6 Å². The Balaban J connectivity index is 1.44. The summed E-state index contributed by atoms with van der Waals surface area (Å²) in [7, 11) is 0. The van der Waals surface area contributed by atoms with Gasteiger partial charge in [-0.05, 0) is 72.4 Å². The zero-order chi connectivity index (χ0) is 30.7. The third kappa shape index (κ3) is 4.47. The van der Waals surface area contributed by atoms with Gasteiger partial charge < -0.3 is 19.3 Å². The molecule has 3 aromatic carbocycles. The van der Waals surface area contributed by atoms with Gasteiger partial charge in [-0.1, -0.05) is 50.2 Å². The van der Waals surface area contributed by atoms with Crippen molar-refractivity contribution in [3.05, 3.63) is 94.6 Å². The molecule has 4 heterocycles. The summed E-state index contributed by atoms with van der Waals surface area (Å²) in [6.07, 6.45) is 4.77. The Morgan fingerprint density at radius 3 is 2.57 bits per heavy atom. The molecule has 0 atom stereocenters. The first-order chi connectivity index (χ1) is 21.2. The van der Waals surface area contributed by atoms with E-state index in [1.165, 1.54) is 6.08 Å². The van der Waals surface area contributed by atoms with Gasteiger partial charge >= 0.3 is 5.69 Å². The lowest BCUT2D eigenvalue weighted by molar-refractivity contribution is -0.139. The van der Waals surface area contributed by atoms with Gasteiger partial charge in [0.2, 0.25) is 5.91 Å². The number of carbonyl (C=O) groups excluding carboxylic acids is 1. The number of likely N-dealkylation sites (tertiary alicyclic amines) is 1. The number of phenols is 1. The highest BCUT2D eigenvalue weighted by Crippen LogP contribution is 2.45. The van der Waals surface area contributed by atoms with E-state index in [0.29, 0.717) is 40.6 Å². The predicted octanol–water partition coefficient (Wildman–Crippen LogP) is 6.90. The minimum Gasteiger partial charge on any atom is -0.508 e. The average molecular weight is 609 g/mol. The van der Waals surface area contributed by atoms with Crippen LogP contribution in [0.1, 0.15) is 38.2 Å². The monoisotopic (exact) mass is 608 g/mol. The summed E-state index contributed by atoms with van der Waals surface area (Å²) in [5.74, 6) is 0.808. The molecule has 2 saturated heterocycles. The van der Waals surface area contributed by atoms with Crippen molar-refractivity contribution in [3.63, 3.8) is 0 Å². The summed E-state index contributed by atoms with van der Waals surface area (Å²) in [6.45, 7) is 10.7. The Bertz CT molecular complexity index is 2010. The molecule has 2 aromatic heterocycles. The third-order valence-corrected chi connectivity index (χ3v) is 9.61. The van der Waals surface area contributed by atoms with E-state index in [-0.39, 0.29) is 28.7 Å². The smallest absolute Gasteiger partial charge is 0.354 e. The van der Waals surface area contributed by atoms with Crippen LogP contribution >= 0.6 is 11.6 Å². The van der Waals surface area contributed by atoms with Crippen LogP contribution in [0.4, 0.5) is 5.82 Å². The third-order valence-electron chi connectivity index (χ3n) is 9.28. The standard InChI is InChI=1S/C35H33ClN4O4/c1-4-30(42)39-19-35(20-39)12-14-38(15-13-35)33-31-29(40(34(43)37-33)28-8-6-5-7-23(28)21(2)3)18-25(24-11-16-44-32(24)31)26-17-22(41)9-10-27(26)36/h4-11,16-18,21,41H,1,12-15,19-20H2,2-3H3. The lowest BCUT2D eigenvalue weighted by atomic mass is 9.72. The molecular weight excluding hydrogens is 576 g/mol. The molecule has 44 heavy (non-hydrogen) atoms. The quantitative estimate of drug-likeness (QED) is 0.218. The summed E-state index contributed by atoms with van der Waals surface area (Å²) in [5, 5.41) is 12.4. The van der Waals surface area contributed by atoms with Crippen LogP contribution in [0, 0.1) is 5.41 Å². The molecule has 1 N–H and O–H groups in total. The van der Waals surface area contributed by atoms with E-state index < -0.39 is 0 Å². The maximum atomic E-state index is 14.1. The second-order valence-corrected chi connectivity index (χ2v) is 12.7. The number of fused-ring (bicyclic) bond motifs is 3. The van der Waals surface area contributed by atoms with Crippen LogP contribution in [0.25, 0.3) is 38.7 Å². The highest BCUT2D eigenvalue weighted by molar-refractivity contribution is 6.34. The largest absolute Gasteiger partial charge is 0.508 e. The molecule has 9 heteroatoms. The zero-order valence-corrected chi connectivity index (χ0v) is 25.5. The van der Waals surface area contributed by atoms with E-state index >= 15 is 0 Å². The van der Waals surface area contributed by atoms with Gasteiger partial charge in [0.05, 0.1) is 22.9 Å². The van der Waals surface area contributed by atoms with Gasteiger partial charge in [-0.25, -0.2) is 4.79 Å². The maximum Gasteiger partial charge on any atom is 0.354 e. The van der Waals surface area contributed by atoms with Gasteiger partial charge in [0.15, 0.2) is 0 Å². The minimum absolute atomic E-state index is 0.0288. The number of aromatic hydroxyl groups is 1. The Kier molecular flexibility index (Phi) is 6.77. The fourth-order valence-electron chi connectivity index (χ4n) is 6.95. The molecule has 0 saturated carbocycles. The van der Waals surface area contributed by atoms with Crippen LogP contribution in [0.5, 0.6) is 5.75 Å². The highest BCUT2D eigenvalue weighted by atomic mass is 35.5. The van der Waals surface area contributed by atoms with Crippen LogP contribution in [-0.2, 0) is 4.79 Å². The van der Waals surface area contributed by atoms with Crippen molar-refractivity contribution in [2.45, 2.75) is 32.6 Å². The zero-order valence-electron chi connectivity index (χ0n) is 24.7. The first-order valence-corrected chi connectivity index (χ1v) is 15.3. The lowest BCUT2D eigenvalue weighted by Crippen LogP contribution is -2.61. The van der Waals surface area contributed by atoms with Crippen molar-refractivity contribution in [1.29, 1.82) is 0 Å². The topological polar surface area (TPSA) is 91.8 Å². The first kappa shape index (κ1) is 28.2. The predicted molar refractivity (Wildman–Crippen MR) is 174 cm³/mol. The minimum atomic E-state index is -0.383. The van der Waals surface area contributed by atoms with Crippen LogP contribution in [-0.4, -0.2) is 51.6 Å². The van der Waals surface area contributed by atoms with Crippen LogP contribution in [0.2, 0.25) is 5.02 Å². The number of anilines is 1. The Morgan fingerprint density at radius 1 is 1.09 bits per heavy atom. The van der Waals surface area contributed by atoms with Gasteiger partial charge in [-0.2, -0.15) is 4.98 Å². The molecule has 0 aliphatic carbocycles. The van der Waals surface area contributed by atoms with Gasteiger partial charge in [0.1, 0.15) is 17.2 Å². The number of rotatable bonds is 5. The van der Waals surface area contributed by atoms with Gasteiger partial charge in [-0.3, -0.25) is 9.36 Å². The van der Waals surface area contributed by atoms with Crippen LogP contribution in [0.3, 0.4) is 0 Å². The number of aromatic nitrogens is 2. The van der Waals surface area contributed by atoms with Crippen molar-refractivity contribution in [1.82, 2.24) is 14.5 Å². The molecule has 7 rings (SSSR count). The molecule has 0 radical (unpaired) electrons. The number of phenolic OH excluding ortho intramolecular Hbond substituents is 1. The molecule has 5 aromatic rings. The summed E-state index contributed by atoms with van der Waals surface area (Å²) in [6, 6.07) is 16.6. The number of halogens is 1. The summed E-state index contributed by atoms with van der Waals surface area (Å²) in [4.78, 5) is 35.0. The average Bonchev–Trinajstić information content (AvgIpc) is 3.50. The second kappa shape index (κ2) is 10.6. The van der Waals surface area contributed by atoms with Gasteiger partial charge in [-0.15, -0.1) is 0 Å². The van der Waals surface area contributed by atoms with Crippen molar-refractivity contribution in [2.75, 3.05) is 31.1 Å². The summed E-state index contributed by atoms with van der Waals surface area (Å²) in [5.41, 5.74) is 4.10. The number of piperidine rings is 1. The van der Waals surface area contributed by atoms with Crippen molar-refractivity contribution < 1.29 is 14.3 Å². The van der Waals surface area contributed by atoms with Gasteiger partial charge in [0.25, 0.3) is 0 Å². The second-order valence-electron chi connectivity index (χ2n) is 12.3. The molecule has 1 spiro atoms. The fraction of sp³-hybridized carbons (Fsp3) is 0.286. The molecule has 0 unspecified atom stereocenters. The van der Waals surface area contributed by atoms with Gasteiger partial charge in [0, 0.05) is 47.6 Å². The molecule has 8 nitrogen and oxygen atoms in total. The van der Waals surface area contributed by atoms with Crippen molar-refractivity contribution in [2.24, 2.45) is 5.41 Å². The molecule has 224 valence electrons. The Labute approximate surface area is 259 Å². The van der Waals surface area contributed by atoms with E-state index in [9.17, 15) is 14.7 Å². The number of furan rings is 1. The number of carbonyl (C=O) groups is 1. The van der Waals surface area contributed by atoms with Crippen molar-refractivity contribution in [3.8, 4) is 22.6 Å². The number of hydrogen-bond acceptors (Lipinski definition) is 6. The normalized spacial score (nSPS) is 16.2. The van der Waals surface area contributed by atoms with E-state index in [0.717, 1.165) is 53.5 Å². The highest BCUT2D eigenvalue weighted by Gasteiger charge is 2.46. The molecule has 2 aliphatic heterocycles. The number of para-hydroxylation sites is 1. The number of hydrogen-bond donors (Lipinski definition) is 1. The van der Waals surface area contributed by atoms with E-state index in [2.05, 4.69) is 25.3 Å². The molecule has 2 aliphatic rings.